The lowest BCUT2D eigenvalue weighted by Crippen LogP contribution is -2.43. The van der Waals surface area contributed by atoms with Gasteiger partial charge in [-0.05, 0) is 43.9 Å². The molecule has 2 aromatic rings. The lowest BCUT2D eigenvalue weighted by molar-refractivity contribution is 0.221. The van der Waals surface area contributed by atoms with Crippen molar-refractivity contribution >= 4 is 0 Å². The minimum atomic E-state index is -0.0110. The van der Waals surface area contributed by atoms with E-state index in [9.17, 15) is 0 Å². The quantitative estimate of drug-likeness (QED) is 0.936. The number of pyridine rings is 1. The Hall–Kier alpha value is -1.75. The molecule has 1 aliphatic rings. The molecule has 5 heteroatoms. The Bertz CT molecular complexity index is 602. The molecule has 21 heavy (non-hydrogen) atoms. The highest BCUT2D eigenvalue weighted by Crippen LogP contribution is 2.34. The smallest absolute Gasteiger partial charge is 0.234 e. The van der Waals surface area contributed by atoms with Crippen molar-refractivity contribution in [2.75, 3.05) is 13.1 Å². The van der Waals surface area contributed by atoms with Gasteiger partial charge in [0.1, 0.15) is 0 Å². The van der Waals surface area contributed by atoms with Crippen molar-refractivity contribution in [3.8, 4) is 11.4 Å². The second-order valence-electron chi connectivity index (χ2n) is 5.72. The first-order chi connectivity index (χ1) is 10.3. The molecule has 1 atom stereocenters. The van der Waals surface area contributed by atoms with E-state index in [0.29, 0.717) is 5.82 Å². The highest BCUT2D eigenvalue weighted by Gasteiger charge is 2.37. The zero-order valence-electron chi connectivity index (χ0n) is 12.7. The average molecular weight is 286 g/mol. The summed E-state index contributed by atoms with van der Waals surface area (Å²) in [5.41, 5.74) is 2.16. The van der Waals surface area contributed by atoms with Crippen molar-refractivity contribution in [1.82, 2.24) is 20.4 Å². The van der Waals surface area contributed by atoms with Gasteiger partial charge in [0.25, 0.3) is 0 Å². The van der Waals surface area contributed by atoms with E-state index in [0.717, 1.165) is 55.8 Å². The van der Waals surface area contributed by atoms with Crippen LogP contribution in [0.15, 0.2) is 23.0 Å². The van der Waals surface area contributed by atoms with Crippen LogP contribution in [-0.2, 0) is 11.8 Å². The lowest BCUT2D eigenvalue weighted by atomic mass is 9.78. The number of aromatic nitrogens is 3. The topological polar surface area (TPSA) is 63.8 Å². The average Bonchev–Trinajstić information content (AvgIpc) is 3.06. The van der Waals surface area contributed by atoms with Gasteiger partial charge in [-0.15, -0.1) is 0 Å². The maximum Gasteiger partial charge on any atom is 0.234 e. The molecule has 3 heterocycles. The molecule has 1 aliphatic heterocycles. The van der Waals surface area contributed by atoms with Gasteiger partial charge in [0.05, 0.1) is 5.41 Å². The summed E-state index contributed by atoms with van der Waals surface area (Å²) in [6, 6.07) is 1.96. The van der Waals surface area contributed by atoms with Crippen molar-refractivity contribution in [3.05, 3.63) is 29.9 Å². The standard InChI is InChI=1S/C16H22N4O/c1-3-12-10-17-9-6-13(12)14-19-15(21-20-14)16(4-2)7-5-8-18-11-16/h6,9-10,18H,3-5,7-8,11H2,1-2H3. The summed E-state index contributed by atoms with van der Waals surface area (Å²) in [6.45, 7) is 6.30. The molecule has 1 unspecified atom stereocenters. The third-order valence-electron chi connectivity index (χ3n) is 4.55. The van der Waals surface area contributed by atoms with E-state index in [4.69, 9.17) is 9.51 Å². The van der Waals surface area contributed by atoms with E-state index in [2.05, 4.69) is 29.3 Å². The Morgan fingerprint density at radius 3 is 3.00 bits per heavy atom. The van der Waals surface area contributed by atoms with E-state index < -0.39 is 0 Å². The summed E-state index contributed by atoms with van der Waals surface area (Å²) in [7, 11) is 0. The highest BCUT2D eigenvalue weighted by molar-refractivity contribution is 5.58. The lowest BCUT2D eigenvalue weighted by Gasteiger charge is -2.33. The van der Waals surface area contributed by atoms with Gasteiger partial charge in [-0.2, -0.15) is 4.98 Å². The fourth-order valence-corrected chi connectivity index (χ4v) is 3.08. The molecule has 112 valence electrons. The third kappa shape index (κ3) is 2.58. The number of nitrogens with zero attached hydrogens (tertiary/aromatic N) is 3. The molecule has 0 aliphatic carbocycles. The second kappa shape index (κ2) is 5.93. The summed E-state index contributed by atoms with van der Waals surface area (Å²) in [5, 5.41) is 7.68. The number of hydrogen-bond donors (Lipinski definition) is 1. The van der Waals surface area contributed by atoms with Crippen LogP contribution in [0.25, 0.3) is 11.4 Å². The monoisotopic (exact) mass is 286 g/mol. The molecule has 0 amide bonds. The number of nitrogens with one attached hydrogen (secondary N) is 1. The Balaban J connectivity index is 1.96. The van der Waals surface area contributed by atoms with Crippen LogP contribution in [0.1, 0.15) is 44.6 Å². The van der Waals surface area contributed by atoms with Crippen LogP contribution in [-0.4, -0.2) is 28.2 Å². The fraction of sp³-hybridized carbons (Fsp3) is 0.562. The molecule has 0 bridgehead atoms. The molecular formula is C16H22N4O. The fourth-order valence-electron chi connectivity index (χ4n) is 3.08. The van der Waals surface area contributed by atoms with E-state index in [-0.39, 0.29) is 5.41 Å². The van der Waals surface area contributed by atoms with E-state index in [1.807, 2.05) is 12.3 Å². The minimum Gasteiger partial charge on any atom is -0.338 e. The molecule has 5 nitrogen and oxygen atoms in total. The van der Waals surface area contributed by atoms with Crippen molar-refractivity contribution < 1.29 is 4.52 Å². The molecule has 1 N–H and O–H groups in total. The molecule has 0 radical (unpaired) electrons. The Morgan fingerprint density at radius 2 is 2.29 bits per heavy atom. The predicted molar refractivity (Wildman–Crippen MR) is 81.0 cm³/mol. The Morgan fingerprint density at radius 1 is 1.38 bits per heavy atom. The van der Waals surface area contributed by atoms with Crippen LogP contribution >= 0.6 is 0 Å². The van der Waals surface area contributed by atoms with Gasteiger partial charge in [-0.25, -0.2) is 0 Å². The molecule has 1 saturated heterocycles. The number of aryl methyl sites for hydroxylation is 1. The van der Waals surface area contributed by atoms with Crippen LogP contribution in [0.2, 0.25) is 0 Å². The second-order valence-corrected chi connectivity index (χ2v) is 5.72. The van der Waals surface area contributed by atoms with Crippen molar-refractivity contribution in [1.29, 1.82) is 0 Å². The molecule has 0 saturated carbocycles. The summed E-state index contributed by atoms with van der Waals surface area (Å²) in [5.74, 6) is 1.45. The maximum absolute atomic E-state index is 5.63. The van der Waals surface area contributed by atoms with Gasteiger partial charge in [-0.1, -0.05) is 19.0 Å². The van der Waals surface area contributed by atoms with E-state index in [1.165, 1.54) is 0 Å². The van der Waals surface area contributed by atoms with Crippen LogP contribution in [0.4, 0.5) is 0 Å². The van der Waals surface area contributed by atoms with E-state index >= 15 is 0 Å². The van der Waals surface area contributed by atoms with Crippen LogP contribution in [0, 0.1) is 0 Å². The van der Waals surface area contributed by atoms with Gasteiger partial charge in [0, 0.05) is 24.5 Å². The Labute approximate surface area is 125 Å². The summed E-state index contributed by atoms with van der Waals surface area (Å²) in [4.78, 5) is 8.88. The van der Waals surface area contributed by atoms with Crippen LogP contribution in [0.5, 0.6) is 0 Å². The first-order valence-corrected chi connectivity index (χ1v) is 7.77. The predicted octanol–water partition coefficient (Wildman–Crippen LogP) is 2.73. The zero-order chi connectivity index (χ0) is 14.7. The summed E-state index contributed by atoms with van der Waals surface area (Å²) >= 11 is 0. The largest absolute Gasteiger partial charge is 0.338 e. The summed E-state index contributed by atoms with van der Waals surface area (Å²) < 4.78 is 5.63. The van der Waals surface area contributed by atoms with Gasteiger partial charge in [0.15, 0.2) is 0 Å². The number of rotatable bonds is 4. The summed E-state index contributed by atoms with van der Waals surface area (Å²) in [6.07, 6.45) is 7.84. The first-order valence-electron chi connectivity index (χ1n) is 7.77. The molecule has 3 rings (SSSR count). The van der Waals surface area contributed by atoms with Crippen molar-refractivity contribution in [2.45, 2.75) is 44.9 Å². The van der Waals surface area contributed by atoms with Crippen molar-refractivity contribution in [2.24, 2.45) is 0 Å². The molecular weight excluding hydrogens is 264 g/mol. The van der Waals surface area contributed by atoms with Crippen LogP contribution in [0.3, 0.4) is 0 Å². The Kier molecular flexibility index (Phi) is 4.01. The number of piperidine rings is 1. The van der Waals surface area contributed by atoms with Gasteiger partial charge < -0.3 is 9.84 Å². The zero-order valence-corrected chi connectivity index (χ0v) is 12.7. The van der Waals surface area contributed by atoms with Gasteiger partial charge in [0.2, 0.25) is 11.7 Å². The normalized spacial score (nSPS) is 22.4. The molecule has 2 aromatic heterocycles. The highest BCUT2D eigenvalue weighted by atomic mass is 16.5. The molecule has 0 aromatic carbocycles. The van der Waals surface area contributed by atoms with Crippen LogP contribution < -0.4 is 5.32 Å². The molecule has 1 fully saturated rings. The number of hydrogen-bond acceptors (Lipinski definition) is 5. The minimum absolute atomic E-state index is 0.0110. The van der Waals surface area contributed by atoms with Crippen molar-refractivity contribution in [3.63, 3.8) is 0 Å². The van der Waals surface area contributed by atoms with E-state index in [1.54, 1.807) is 6.20 Å². The SMILES string of the molecule is CCc1cnccc1-c1noc(C2(CC)CCCNC2)n1. The maximum atomic E-state index is 5.63. The molecule has 0 spiro atoms. The van der Waals surface area contributed by atoms with Gasteiger partial charge >= 0.3 is 0 Å². The van der Waals surface area contributed by atoms with Gasteiger partial charge in [-0.3, -0.25) is 4.98 Å². The first kappa shape index (κ1) is 14.2. The third-order valence-corrected chi connectivity index (χ3v) is 4.55.